The van der Waals surface area contributed by atoms with Crippen molar-refractivity contribution in [3.8, 4) is 5.75 Å². The Morgan fingerprint density at radius 1 is 1.22 bits per heavy atom. The number of aliphatic hydroxyl groups excluding tert-OH is 1. The Bertz CT molecular complexity index is 399. The average Bonchev–Trinajstić information content (AvgIpc) is 2.41. The number of rotatable bonds is 3. The summed E-state index contributed by atoms with van der Waals surface area (Å²) in [5, 5.41) is 20.2. The number of aromatic hydroxyl groups is 1. The van der Waals surface area contributed by atoms with Gasteiger partial charge in [-0.1, -0.05) is 37.0 Å². The molecule has 0 bridgehead atoms. The van der Waals surface area contributed by atoms with Crippen LogP contribution in [-0.4, -0.2) is 16.3 Å². The van der Waals surface area contributed by atoms with Crippen molar-refractivity contribution in [3.05, 3.63) is 29.3 Å². The lowest BCUT2D eigenvalue weighted by Gasteiger charge is -2.31. The molecule has 1 fully saturated rings. The normalized spacial score (nSPS) is 20.6. The van der Waals surface area contributed by atoms with Gasteiger partial charge in [-0.15, -0.1) is 0 Å². The third-order valence-electron chi connectivity index (χ3n) is 4.04. The Balaban J connectivity index is 2.13. The third kappa shape index (κ3) is 2.85. The molecule has 18 heavy (non-hydrogen) atoms. The second-order valence-electron chi connectivity index (χ2n) is 5.48. The molecule has 0 aliphatic heterocycles. The van der Waals surface area contributed by atoms with Gasteiger partial charge < -0.3 is 15.9 Å². The summed E-state index contributed by atoms with van der Waals surface area (Å²) >= 11 is 0. The quantitative estimate of drug-likeness (QED) is 0.771. The van der Waals surface area contributed by atoms with Crippen LogP contribution in [0.15, 0.2) is 18.2 Å². The van der Waals surface area contributed by atoms with Gasteiger partial charge in [0.1, 0.15) is 5.75 Å². The third-order valence-corrected chi connectivity index (χ3v) is 4.04. The molecule has 2 rings (SSSR count). The summed E-state index contributed by atoms with van der Waals surface area (Å²) in [5.41, 5.74) is 7.84. The predicted molar refractivity (Wildman–Crippen MR) is 72.4 cm³/mol. The molecule has 0 heterocycles. The lowest BCUT2D eigenvalue weighted by atomic mass is 9.81. The van der Waals surface area contributed by atoms with Gasteiger partial charge >= 0.3 is 0 Å². The molecule has 1 aromatic rings. The van der Waals surface area contributed by atoms with Crippen LogP contribution in [0, 0.1) is 12.8 Å². The molecule has 0 unspecified atom stereocenters. The lowest BCUT2D eigenvalue weighted by molar-refractivity contribution is 0.0611. The zero-order valence-electron chi connectivity index (χ0n) is 11.0. The van der Waals surface area contributed by atoms with Crippen LogP contribution in [0.25, 0.3) is 0 Å². The van der Waals surface area contributed by atoms with Crippen molar-refractivity contribution >= 4 is 0 Å². The molecule has 1 aliphatic rings. The summed E-state index contributed by atoms with van der Waals surface area (Å²) in [6.07, 6.45) is 5.14. The molecule has 0 amide bonds. The van der Waals surface area contributed by atoms with Gasteiger partial charge in [0.15, 0.2) is 0 Å². The average molecular weight is 249 g/mol. The minimum absolute atomic E-state index is 0.183. The monoisotopic (exact) mass is 249 g/mol. The molecule has 0 aromatic heterocycles. The molecule has 1 aromatic carbocycles. The van der Waals surface area contributed by atoms with Gasteiger partial charge in [-0.25, -0.2) is 0 Å². The van der Waals surface area contributed by atoms with E-state index in [0.29, 0.717) is 5.56 Å². The van der Waals surface area contributed by atoms with Crippen LogP contribution in [0.1, 0.15) is 49.3 Å². The van der Waals surface area contributed by atoms with Crippen LogP contribution in [0.3, 0.4) is 0 Å². The minimum Gasteiger partial charge on any atom is -0.508 e. The van der Waals surface area contributed by atoms with Crippen molar-refractivity contribution in [2.24, 2.45) is 11.7 Å². The van der Waals surface area contributed by atoms with Crippen LogP contribution in [0.4, 0.5) is 0 Å². The van der Waals surface area contributed by atoms with Crippen molar-refractivity contribution in [3.63, 3.8) is 0 Å². The first-order valence-electron chi connectivity index (χ1n) is 6.83. The molecule has 100 valence electrons. The fraction of sp³-hybridized carbons (Fsp3) is 0.600. The first-order valence-corrected chi connectivity index (χ1v) is 6.83. The minimum atomic E-state index is -0.557. The number of aliphatic hydroxyl groups is 1. The van der Waals surface area contributed by atoms with Crippen molar-refractivity contribution in [2.45, 2.75) is 51.2 Å². The number of phenols is 1. The van der Waals surface area contributed by atoms with Gasteiger partial charge in [-0.3, -0.25) is 0 Å². The van der Waals surface area contributed by atoms with Crippen molar-refractivity contribution in [1.82, 2.24) is 0 Å². The molecule has 3 heteroatoms. The first-order chi connectivity index (χ1) is 8.59. The Hall–Kier alpha value is -1.06. The highest BCUT2D eigenvalue weighted by Crippen LogP contribution is 2.34. The van der Waals surface area contributed by atoms with Gasteiger partial charge in [-0.2, -0.15) is 0 Å². The number of phenolic OH excluding ortho intramolecular Hbond substituents is 1. The SMILES string of the molecule is Cc1ccc(O)c([C@@H](N)[C@@H](O)C2CCCCC2)c1. The van der Waals surface area contributed by atoms with E-state index in [-0.39, 0.29) is 11.7 Å². The highest BCUT2D eigenvalue weighted by atomic mass is 16.3. The van der Waals surface area contributed by atoms with E-state index in [1.807, 2.05) is 19.1 Å². The van der Waals surface area contributed by atoms with E-state index < -0.39 is 12.1 Å². The number of nitrogens with two attached hydrogens (primary N) is 1. The van der Waals surface area contributed by atoms with Gasteiger partial charge in [0.05, 0.1) is 12.1 Å². The standard InChI is InChI=1S/C15H23NO2/c1-10-7-8-13(17)12(9-10)14(16)15(18)11-5-3-2-4-6-11/h7-9,11,14-15,17-18H,2-6,16H2,1H3/t14-,15+/m1/s1. The van der Waals surface area contributed by atoms with Crippen molar-refractivity contribution in [1.29, 1.82) is 0 Å². The molecular formula is C15H23NO2. The maximum atomic E-state index is 10.4. The summed E-state index contributed by atoms with van der Waals surface area (Å²) < 4.78 is 0. The molecular weight excluding hydrogens is 226 g/mol. The fourth-order valence-corrected chi connectivity index (χ4v) is 2.89. The first kappa shape index (κ1) is 13.4. The smallest absolute Gasteiger partial charge is 0.120 e. The molecule has 4 N–H and O–H groups in total. The van der Waals surface area contributed by atoms with Crippen LogP contribution < -0.4 is 5.73 Å². The Kier molecular flexibility index (Phi) is 4.25. The van der Waals surface area contributed by atoms with Crippen molar-refractivity contribution in [2.75, 3.05) is 0 Å². The number of aryl methyl sites for hydroxylation is 1. The van der Waals surface area contributed by atoms with Gasteiger partial charge in [0.25, 0.3) is 0 Å². The second-order valence-corrected chi connectivity index (χ2v) is 5.48. The fourth-order valence-electron chi connectivity index (χ4n) is 2.89. The summed E-state index contributed by atoms with van der Waals surface area (Å²) in [5.74, 6) is 0.455. The van der Waals surface area contributed by atoms with E-state index in [2.05, 4.69) is 0 Å². The van der Waals surface area contributed by atoms with Crippen LogP contribution in [-0.2, 0) is 0 Å². The summed E-state index contributed by atoms with van der Waals surface area (Å²) in [6.45, 7) is 1.96. The van der Waals surface area contributed by atoms with E-state index in [0.717, 1.165) is 18.4 Å². The maximum Gasteiger partial charge on any atom is 0.120 e. The van der Waals surface area contributed by atoms with Crippen LogP contribution >= 0.6 is 0 Å². The van der Waals surface area contributed by atoms with Gasteiger partial charge in [0, 0.05) is 5.56 Å². The van der Waals surface area contributed by atoms with Crippen molar-refractivity contribution < 1.29 is 10.2 Å². The van der Waals surface area contributed by atoms with E-state index in [4.69, 9.17) is 5.73 Å². The molecule has 1 saturated carbocycles. The Labute approximate surface area is 109 Å². The molecule has 0 spiro atoms. The maximum absolute atomic E-state index is 10.4. The number of hydrogen-bond donors (Lipinski definition) is 3. The Morgan fingerprint density at radius 3 is 2.56 bits per heavy atom. The van der Waals surface area contributed by atoms with E-state index in [9.17, 15) is 10.2 Å². The second kappa shape index (κ2) is 5.72. The summed E-state index contributed by atoms with van der Waals surface area (Å²) in [7, 11) is 0. The summed E-state index contributed by atoms with van der Waals surface area (Å²) in [4.78, 5) is 0. The van der Waals surface area contributed by atoms with E-state index >= 15 is 0 Å². The predicted octanol–water partition coefficient (Wildman–Crippen LogP) is 2.64. The van der Waals surface area contributed by atoms with E-state index in [1.54, 1.807) is 6.07 Å². The summed E-state index contributed by atoms with van der Waals surface area (Å²) in [6, 6.07) is 4.87. The van der Waals surface area contributed by atoms with Crippen LogP contribution in [0.2, 0.25) is 0 Å². The zero-order chi connectivity index (χ0) is 13.1. The molecule has 2 atom stereocenters. The Morgan fingerprint density at radius 2 is 1.89 bits per heavy atom. The molecule has 0 radical (unpaired) electrons. The highest BCUT2D eigenvalue weighted by molar-refractivity contribution is 5.38. The molecule has 1 aliphatic carbocycles. The molecule has 3 nitrogen and oxygen atoms in total. The number of hydrogen-bond acceptors (Lipinski definition) is 3. The zero-order valence-corrected chi connectivity index (χ0v) is 11.0. The largest absolute Gasteiger partial charge is 0.508 e. The van der Waals surface area contributed by atoms with Crippen LogP contribution in [0.5, 0.6) is 5.75 Å². The van der Waals surface area contributed by atoms with E-state index in [1.165, 1.54) is 19.3 Å². The molecule has 0 saturated heterocycles. The van der Waals surface area contributed by atoms with Gasteiger partial charge in [-0.05, 0) is 31.7 Å². The number of benzene rings is 1. The van der Waals surface area contributed by atoms with Gasteiger partial charge in [0.2, 0.25) is 0 Å². The lowest BCUT2D eigenvalue weighted by Crippen LogP contribution is -2.34. The topological polar surface area (TPSA) is 66.5 Å². The highest BCUT2D eigenvalue weighted by Gasteiger charge is 2.28.